The second-order valence-electron chi connectivity index (χ2n) is 6.84. The highest BCUT2D eigenvalue weighted by Crippen LogP contribution is 2.22. The molecule has 2 aromatic rings. The maximum absolute atomic E-state index is 13.0. The van der Waals surface area contributed by atoms with E-state index in [1.807, 2.05) is 27.8 Å². The molecule has 1 aliphatic heterocycles. The third kappa shape index (κ3) is 4.68. The van der Waals surface area contributed by atoms with E-state index < -0.39 is 0 Å². The molecule has 0 radical (unpaired) electrons. The highest BCUT2D eigenvalue weighted by Gasteiger charge is 2.23. The number of imidazole rings is 1. The second kappa shape index (κ2) is 8.28. The molecule has 1 fully saturated rings. The van der Waals surface area contributed by atoms with Crippen molar-refractivity contribution in [3.8, 4) is 0 Å². The summed E-state index contributed by atoms with van der Waals surface area (Å²) in [7, 11) is 0. The summed E-state index contributed by atoms with van der Waals surface area (Å²) in [5.41, 5.74) is 1.16. The van der Waals surface area contributed by atoms with E-state index in [0.717, 1.165) is 56.6 Å². The topological polar surface area (TPSA) is 38.1 Å². The molecule has 3 rings (SSSR count). The van der Waals surface area contributed by atoms with Gasteiger partial charge in [0.25, 0.3) is 0 Å². The predicted molar refractivity (Wildman–Crippen MR) is 95.6 cm³/mol. The number of nitrogens with zero attached hydrogens (tertiary/aromatic N) is 3. The molecule has 1 aliphatic rings. The lowest BCUT2D eigenvalue weighted by Crippen LogP contribution is -2.41. The number of benzene rings is 1. The van der Waals surface area contributed by atoms with Crippen molar-refractivity contribution >= 4 is 5.91 Å². The lowest BCUT2D eigenvalue weighted by molar-refractivity contribution is -0.133. The summed E-state index contributed by atoms with van der Waals surface area (Å²) in [5, 5.41) is 0. The van der Waals surface area contributed by atoms with Crippen LogP contribution in [0, 0.1) is 11.7 Å². The van der Waals surface area contributed by atoms with Crippen LogP contribution in [0.25, 0.3) is 0 Å². The molecule has 1 aromatic carbocycles. The first kappa shape index (κ1) is 17.6. The molecular formula is C20H26FN3O. The number of halogens is 1. The molecule has 0 aliphatic carbocycles. The van der Waals surface area contributed by atoms with Crippen molar-refractivity contribution in [2.75, 3.05) is 13.1 Å². The van der Waals surface area contributed by atoms with Crippen molar-refractivity contribution in [1.29, 1.82) is 0 Å². The fourth-order valence-corrected chi connectivity index (χ4v) is 3.59. The number of amides is 1. The van der Waals surface area contributed by atoms with Crippen LogP contribution < -0.4 is 0 Å². The third-order valence-electron chi connectivity index (χ3n) is 5.05. The Bertz CT molecular complexity index is 695. The average Bonchev–Trinajstić information content (AvgIpc) is 3.08. The number of rotatable bonds is 6. The summed E-state index contributed by atoms with van der Waals surface area (Å²) in [6, 6.07) is 6.74. The van der Waals surface area contributed by atoms with E-state index in [2.05, 4.69) is 11.9 Å². The molecule has 1 aromatic heterocycles. The smallest absolute Gasteiger partial charge is 0.242 e. The van der Waals surface area contributed by atoms with E-state index in [1.54, 1.807) is 6.20 Å². The summed E-state index contributed by atoms with van der Waals surface area (Å²) in [6.45, 7) is 4.11. The fraction of sp³-hybridized carbons (Fsp3) is 0.500. The molecule has 25 heavy (non-hydrogen) atoms. The lowest BCUT2D eigenvalue weighted by atomic mass is 9.91. The zero-order valence-electron chi connectivity index (χ0n) is 14.8. The van der Waals surface area contributed by atoms with Gasteiger partial charge in [-0.05, 0) is 49.3 Å². The number of likely N-dealkylation sites (tertiary alicyclic amines) is 1. The number of aromatic nitrogens is 2. The zero-order chi connectivity index (χ0) is 17.6. The van der Waals surface area contributed by atoms with Crippen LogP contribution in [0.15, 0.2) is 36.7 Å². The number of hydrogen-bond donors (Lipinski definition) is 0. The van der Waals surface area contributed by atoms with Gasteiger partial charge in [0.15, 0.2) is 0 Å². The molecular weight excluding hydrogens is 317 g/mol. The van der Waals surface area contributed by atoms with Crippen molar-refractivity contribution in [2.24, 2.45) is 5.92 Å². The van der Waals surface area contributed by atoms with Crippen molar-refractivity contribution in [1.82, 2.24) is 14.5 Å². The van der Waals surface area contributed by atoms with Gasteiger partial charge < -0.3 is 9.47 Å². The first-order valence-electron chi connectivity index (χ1n) is 9.18. The Labute approximate surface area is 148 Å². The quantitative estimate of drug-likeness (QED) is 0.806. The van der Waals surface area contributed by atoms with Gasteiger partial charge in [0.05, 0.1) is 0 Å². The number of carbonyl (C=O) groups is 1. The Morgan fingerprint density at radius 2 is 2.12 bits per heavy atom. The molecule has 0 N–H and O–H groups in total. The summed E-state index contributed by atoms with van der Waals surface area (Å²) in [5.74, 6) is 1.47. The molecule has 0 saturated carbocycles. The van der Waals surface area contributed by atoms with Crippen LogP contribution in [-0.2, 0) is 24.2 Å². The number of hydrogen-bond acceptors (Lipinski definition) is 2. The zero-order valence-corrected chi connectivity index (χ0v) is 14.8. The van der Waals surface area contributed by atoms with Crippen LogP contribution in [0.5, 0.6) is 0 Å². The van der Waals surface area contributed by atoms with Crippen molar-refractivity contribution in [3.05, 3.63) is 53.9 Å². The minimum atomic E-state index is -0.191. The van der Waals surface area contributed by atoms with E-state index in [1.165, 1.54) is 12.1 Å². The second-order valence-corrected chi connectivity index (χ2v) is 6.84. The first-order chi connectivity index (χ1) is 12.2. The molecule has 1 saturated heterocycles. The van der Waals surface area contributed by atoms with E-state index in [9.17, 15) is 9.18 Å². The molecule has 1 amide bonds. The Morgan fingerprint density at radius 1 is 1.32 bits per heavy atom. The largest absolute Gasteiger partial charge is 0.341 e. The Hall–Kier alpha value is -2.17. The summed E-state index contributed by atoms with van der Waals surface area (Å²) in [4.78, 5) is 18.9. The number of aryl methyl sites for hydroxylation is 2. The van der Waals surface area contributed by atoms with Gasteiger partial charge in [-0.2, -0.15) is 0 Å². The van der Waals surface area contributed by atoms with Gasteiger partial charge in [-0.25, -0.2) is 9.37 Å². The highest BCUT2D eigenvalue weighted by molar-refractivity contribution is 5.76. The van der Waals surface area contributed by atoms with Crippen LogP contribution in [-0.4, -0.2) is 33.4 Å². The van der Waals surface area contributed by atoms with E-state index in [0.29, 0.717) is 12.5 Å². The van der Waals surface area contributed by atoms with Crippen LogP contribution in [0.2, 0.25) is 0 Å². The predicted octanol–water partition coefficient (Wildman–Crippen LogP) is 3.46. The lowest BCUT2D eigenvalue weighted by Gasteiger charge is -2.33. The van der Waals surface area contributed by atoms with Crippen LogP contribution >= 0.6 is 0 Å². The number of carbonyl (C=O) groups excluding carboxylic acids is 1. The highest BCUT2D eigenvalue weighted by atomic mass is 19.1. The summed E-state index contributed by atoms with van der Waals surface area (Å²) < 4.78 is 14.9. The molecule has 1 atom stereocenters. The summed E-state index contributed by atoms with van der Waals surface area (Å²) >= 11 is 0. The van der Waals surface area contributed by atoms with Gasteiger partial charge in [0, 0.05) is 31.9 Å². The first-order valence-corrected chi connectivity index (χ1v) is 9.18. The van der Waals surface area contributed by atoms with Gasteiger partial charge in [-0.15, -0.1) is 0 Å². The van der Waals surface area contributed by atoms with E-state index in [4.69, 9.17) is 0 Å². The van der Waals surface area contributed by atoms with Crippen molar-refractivity contribution < 1.29 is 9.18 Å². The minimum absolute atomic E-state index is 0.180. The van der Waals surface area contributed by atoms with Crippen LogP contribution in [0.4, 0.5) is 4.39 Å². The van der Waals surface area contributed by atoms with E-state index >= 15 is 0 Å². The van der Waals surface area contributed by atoms with E-state index in [-0.39, 0.29) is 11.7 Å². The SMILES string of the molecule is CCc1nccn1CC(=O)N1CCC[C@H](CCc2ccc(F)cc2)C1. The maximum Gasteiger partial charge on any atom is 0.242 e. The van der Waals surface area contributed by atoms with Crippen molar-refractivity contribution in [2.45, 2.75) is 45.6 Å². The van der Waals surface area contributed by atoms with Gasteiger partial charge >= 0.3 is 0 Å². The minimum Gasteiger partial charge on any atom is -0.341 e. The van der Waals surface area contributed by atoms with Gasteiger partial charge in [-0.1, -0.05) is 19.1 Å². The Kier molecular flexibility index (Phi) is 5.84. The van der Waals surface area contributed by atoms with Gasteiger partial charge in [0.2, 0.25) is 5.91 Å². The summed E-state index contributed by atoms with van der Waals surface area (Å²) in [6.07, 6.45) is 8.68. The molecule has 0 unspecified atom stereocenters. The Balaban J connectivity index is 1.51. The van der Waals surface area contributed by atoms with Gasteiger partial charge in [0.1, 0.15) is 18.2 Å². The molecule has 5 heteroatoms. The monoisotopic (exact) mass is 343 g/mol. The average molecular weight is 343 g/mol. The molecule has 4 nitrogen and oxygen atoms in total. The maximum atomic E-state index is 13.0. The van der Waals surface area contributed by atoms with Crippen molar-refractivity contribution in [3.63, 3.8) is 0 Å². The normalized spacial score (nSPS) is 17.7. The standard InChI is InChI=1S/C20H26FN3O/c1-2-19-22-11-13-23(19)15-20(25)24-12-3-4-17(14-24)6-5-16-7-9-18(21)10-8-16/h7-11,13,17H,2-6,12,14-15H2,1H3/t17-/m1/s1. The fourth-order valence-electron chi connectivity index (χ4n) is 3.59. The number of piperidine rings is 1. The molecule has 2 heterocycles. The van der Waals surface area contributed by atoms with Crippen LogP contribution in [0.1, 0.15) is 37.6 Å². The third-order valence-corrected chi connectivity index (χ3v) is 5.05. The molecule has 134 valence electrons. The van der Waals surface area contributed by atoms with Crippen LogP contribution in [0.3, 0.4) is 0 Å². The van der Waals surface area contributed by atoms with Gasteiger partial charge in [-0.3, -0.25) is 4.79 Å². The molecule has 0 bridgehead atoms. The molecule has 0 spiro atoms. The Morgan fingerprint density at radius 3 is 2.88 bits per heavy atom.